The van der Waals surface area contributed by atoms with Crippen LogP contribution >= 0.6 is 34.5 Å². The van der Waals surface area contributed by atoms with Crippen molar-refractivity contribution in [1.82, 2.24) is 5.32 Å². The van der Waals surface area contributed by atoms with E-state index in [4.69, 9.17) is 27.9 Å². The zero-order valence-corrected chi connectivity index (χ0v) is 12.7. The van der Waals surface area contributed by atoms with Gasteiger partial charge in [0.15, 0.2) is 0 Å². The smallest absolute Gasteiger partial charge is 0.0931 e. The van der Waals surface area contributed by atoms with Gasteiger partial charge in [0.1, 0.15) is 0 Å². The number of benzene rings is 1. The van der Waals surface area contributed by atoms with E-state index in [-0.39, 0.29) is 0 Å². The third-order valence-electron chi connectivity index (χ3n) is 2.53. The molecule has 2 aromatic rings. The minimum atomic E-state index is 0.615. The highest BCUT2D eigenvalue weighted by atomic mass is 35.5. The summed E-state index contributed by atoms with van der Waals surface area (Å²) in [4.78, 5) is 1.24. The third-order valence-corrected chi connectivity index (χ3v) is 4.02. The molecule has 0 aliphatic rings. The van der Waals surface area contributed by atoms with Gasteiger partial charge in [0.05, 0.1) is 17.6 Å². The van der Waals surface area contributed by atoms with Crippen LogP contribution in [0, 0.1) is 0 Å². The summed E-state index contributed by atoms with van der Waals surface area (Å²) < 4.78 is 6.40. The molecule has 0 bridgehead atoms. The van der Waals surface area contributed by atoms with Gasteiger partial charge in [-0.2, -0.15) is 0 Å². The van der Waals surface area contributed by atoms with Gasteiger partial charge in [-0.05, 0) is 29.8 Å². The summed E-state index contributed by atoms with van der Waals surface area (Å²) in [7, 11) is 0. The van der Waals surface area contributed by atoms with Crippen molar-refractivity contribution in [1.29, 1.82) is 0 Å². The number of rotatable bonds is 7. The van der Waals surface area contributed by atoms with Crippen molar-refractivity contribution in [3.63, 3.8) is 0 Å². The number of hydrogen-bond acceptors (Lipinski definition) is 3. The van der Waals surface area contributed by atoms with Crippen LogP contribution in [-0.4, -0.2) is 13.2 Å². The van der Waals surface area contributed by atoms with Crippen LogP contribution in [0.25, 0.3) is 0 Å². The molecular formula is C14H15Cl2NOS. The van der Waals surface area contributed by atoms with Crippen LogP contribution in [0.5, 0.6) is 0 Å². The van der Waals surface area contributed by atoms with E-state index in [0.29, 0.717) is 13.2 Å². The summed E-state index contributed by atoms with van der Waals surface area (Å²) in [6.07, 6.45) is 0. The summed E-state index contributed by atoms with van der Waals surface area (Å²) in [6.45, 7) is 2.95. The molecule has 2 nitrogen and oxygen atoms in total. The predicted molar refractivity (Wildman–Crippen MR) is 82.1 cm³/mol. The lowest BCUT2D eigenvalue weighted by molar-refractivity contribution is 0.122. The SMILES string of the molecule is Clc1ccc(COCCNCc2ccc(Cl)s2)cc1. The maximum atomic E-state index is 5.86. The second kappa shape index (κ2) is 7.88. The molecule has 0 spiro atoms. The van der Waals surface area contributed by atoms with Gasteiger partial charge in [0, 0.05) is 23.0 Å². The molecule has 1 N–H and O–H groups in total. The van der Waals surface area contributed by atoms with Gasteiger partial charge < -0.3 is 10.1 Å². The number of ether oxygens (including phenoxy) is 1. The quantitative estimate of drug-likeness (QED) is 0.766. The molecule has 0 saturated carbocycles. The van der Waals surface area contributed by atoms with Gasteiger partial charge in [-0.1, -0.05) is 35.3 Å². The van der Waals surface area contributed by atoms with Crippen LogP contribution in [-0.2, 0) is 17.9 Å². The summed E-state index contributed by atoms with van der Waals surface area (Å²) in [5.41, 5.74) is 1.13. The first-order valence-corrected chi connectivity index (χ1v) is 7.58. The fourth-order valence-corrected chi connectivity index (χ4v) is 2.76. The fourth-order valence-electron chi connectivity index (χ4n) is 1.57. The van der Waals surface area contributed by atoms with Crippen molar-refractivity contribution in [2.75, 3.05) is 13.2 Å². The van der Waals surface area contributed by atoms with Gasteiger partial charge >= 0.3 is 0 Å². The Kier molecular flexibility index (Phi) is 6.14. The van der Waals surface area contributed by atoms with E-state index in [2.05, 4.69) is 5.32 Å². The second-order valence-electron chi connectivity index (χ2n) is 4.06. The van der Waals surface area contributed by atoms with Crippen LogP contribution in [0.4, 0.5) is 0 Å². The van der Waals surface area contributed by atoms with Gasteiger partial charge in [-0.25, -0.2) is 0 Å². The second-order valence-corrected chi connectivity index (χ2v) is 6.30. The number of nitrogens with one attached hydrogen (secondary N) is 1. The number of hydrogen-bond donors (Lipinski definition) is 1. The lowest BCUT2D eigenvalue weighted by Gasteiger charge is -2.05. The van der Waals surface area contributed by atoms with Crippen LogP contribution < -0.4 is 5.32 Å². The zero-order chi connectivity index (χ0) is 13.5. The molecule has 5 heteroatoms. The highest BCUT2D eigenvalue weighted by Crippen LogP contribution is 2.20. The minimum Gasteiger partial charge on any atom is -0.375 e. The van der Waals surface area contributed by atoms with Crippen LogP contribution in [0.1, 0.15) is 10.4 Å². The van der Waals surface area contributed by atoms with E-state index in [1.807, 2.05) is 36.4 Å². The monoisotopic (exact) mass is 315 g/mol. The number of halogens is 2. The van der Waals surface area contributed by atoms with E-state index >= 15 is 0 Å². The highest BCUT2D eigenvalue weighted by Gasteiger charge is 1.97. The Bertz CT molecular complexity index is 498. The van der Waals surface area contributed by atoms with Crippen molar-refractivity contribution in [2.24, 2.45) is 0 Å². The molecule has 0 saturated heterocycles. The molecular weight excluding hydrogens is 301 g/mol. The van der Waals surface area contributed by atoms with Crippen molar-refractivity contribution in [3.05, 3.63) is 56.2 Å². The molecule has 0 unspecified atom stereocenters. The summed E-state index contributed by atoms with van der Waals surface area (Å²) in [6, 6.07) is 11.7. The molecule has 0 aliphatic heterocycles. The standard InChI is InChI=1S/C14H15Cl2NOS/c15-12-3-1-11(2-4-12)10-18-8-7-17-9-13-5-6-14(16)19-13/h1-6,17H,7-10H2. The summed E-state index contributed by atoms with van der Waals surface area (Å²) in [5, 5.41) is 4.07. The van der Waals surface area contributed by atoms with Crippen LogP contribution in [0.15, 0.2) is 36.4 Å². The Labute approximate surface area is 127 Å². The summed E-state index contributed by atoms with van der Waals surface area (Å²) >= 11 is 13.3. The van der Waals surface area contributed by atoms with Crippen molar-refractivity contribution in [3.8, 4) is 0 Å². The first-order valence-electron chi connectivity index (χ1n) is 6.01. The topological polar surface area (TPSA) is 21.3 Å². The minimum absolute atomic E-state index is 0.615. The molecule has 0 amide bonds. The summed E-state index contributed by atoms with van der Waals surface area (Å²) in [5.74, 6) is 0. The number of thiophene rings is 1. The molecule has 1 heterocycles. The van der Waals surface area contributed by atoms with Gasteiger partial charge in [-0.15, -0.1) is 11.3 Å². The molecule has 1 aromatic carbocycles. The molecule has 0 atom stereocenters. The van der Waals surface area contributed by atoms with Crippen LogP contribution in [0.2, 0.25) is 9.36 Å². The first-order chi connectivity index (χ1) is 9.24. The molecule has 102 valence electrons. The lowest BCUT2D eigenvalue weighted by atomic mass is 10.2. The molecule has 0 fully saturated rings. The Morgan fingerprint density at radius 3 is 2.53 bits per heavy atom. The molecule has 0 radical (unpaired) electrons. The van der Waals surface area contributed by atoms with Gasteiger partial charge in [0.2, 0.25) is 0 Å². The van der Waals surface area contributed by atoms with Crippen molar-refractivity contribution < 1.29 is 4.74 Å². The van der Waals surface area contributed by atoms with E-state index in [1.54, 1.807) is 11.3 Å². The predicted octanol–water partition coefficient (Wildman–Crippen LogP) is 4.36. The Hall–Kier alpha value is -0.580. The van der Waals surface area contributed by atoms with E-state index < -0.39 is 0 Å². The fraction of sp³-hybridized carbons (Fsp3) is 0.286. The normalized spacial score (nSPS) is 10.8. The maximum Gasteiger partial charge on any atom is 0.0931 e. The van der Waals surface area contributed by atoms with Crippen molar-refractivity contribution >= 4 is 34.5 Å². The van der Waals surface area contributed by atoms with E-state index in [9.17, 15) is 0 Å². The Balaban J connectivity index is 1.56. The Morgan fingerprint density at radius 1 is 1.05 bits per heavy atom. The lowest BCUT2D eigenvalue weighted by Crippen LogP contribution is -2.18. The molecule has 19 heavy (non-hydrogen) atoms. The Morgan fingerprint density at radius 2 is 1.84 bits per heavy atom. The first kappa shape index (κ1) is 14.8. The average molecular weight is 316 g/mol. The highest BCUT2D eigenvalue weighted by molar-refractivity contribution is 7.16. The van der Waals surface area contributed by atoms with E-state index in [0.717, 1.165) is 28.0 Å². The van der Waals surface area contributed by atoms with E-state index in [1.165, 1.54) is 4.88 Å². The van der Waals surface area contributed by atoms with Gasteiger partial charge in [0.25, 0.3) is 0 Å². The largest absolute Gasteiger partial charge is 0.375 e. The van der Waals surface area contributed by atoms with Gasteiger partial charge in [-0.3, -0.25) is 0 Å². The van der Waals surface area contributed by atoms with Crippen LogP contribution in [0.3, 0.4) is 0 Å². The molecule has 2 rings (SSSR count). The molecule has 0 aliphatic carbocycles. The average Bonchev–Trinajstić information content (AvgIpc) is 2.81. The third kappa shape index (κ3) is 5.51. The zero-order valence-electron chi connectivity index (χ0n) is 10.4. The van der Waals surface area contributed by atoms with Crippen molar-refractivity contribution in [2.45, 2.75) is 13.2 Å². The molecule has 1 aromatic heterocycles. The maximum absolute atomic E-state index is 5.86.